The zero-order valence-electron chi connectivity index (χ0n) is 13.6. The Kier molecular flexibility index (Phi) is 4.12. The van der Waals surface area contributed by atoms with Crippen LogP contribution >= 0.6 is 0 Å². The minimum atomic E-state index is 0.000457. The van der Waals surface area contributed by atoms with E-state index < -0.39 is 0 Å². The monoisotopic (exact) mass is 335 g/mol. The van der Waals surface area contributed by atoms with Crippen LogP contribution in [0, 0.1) is 0 Å². The van der Waals surface area contributed by atoms with Crippen molar-refractivity contribution in [2.45, 2.75) is 12.8 Å². The average Bonchev–Trinajstić information content (AvgIpc) is 3.09. The number of hydrogen-bond acceptors (Lipinski definition) is 5. The summed E-state index contributed by atoms with van der Waals surface area (Å²) in [4.78, 5) is 30.1. The molecule has 3 aromatic heterocycles. The van der Waals surface area contributed by atoms with Gasteiger partial charge in [0.1, 0.15) is 17.8 Å². The smallest absolute Gasteiger partial charge is 0.270 e. The van der Waals surface area contributed by atoms with Crippen LogP contribution in [0.4, 0.5) is 0 Å². The zero-order valence-corrected chi connectivity index (χ0v) is 13.6. The maximum atomic E-state index is 12.6. The molecule has 0 bridgehead atoms. The Morgan fingerprint density at radius 1 is 1.16 bits per heavy atom. The highest BCUT2D eigenvalue weighted by Crippen LogP contribution is 2.26. The van der Waals surface area contributed by atoms with Crippen molar-refractivity contribution in [3.8, 4) is 11.6 Å². The van der Waals surface area contributed by atoms with Crippen molar-refractivity contribution >= 4 is 5.91 Å². The Morgan fingerprint density at radius 2 is 2.08 bits per heavy atom. The van der Waals surface area contributed by atoms with E-state index in [0.717, 1.165) is 11.3 Å². The van der Waals surface area contributed by atoms with Gasteiger partial charge < -0.3 is 14.6 Å². The van der Waals surface area contributed by atoms with Crippen molar-refractivity contribution in [1.82, 2.24) is 24.8 Å². The lowest BCUT2D eigenvalue weighted by molar-refractivity contribution is 0.0757. The van der Waals surface area contributed by atoms with E-state index in [1.165, 1.54) is 6.33 Å². The molecule has 1 amide bonds. The predicted molar refractivity (Wildman–Crippen MR) is 90.4 cm³/mol. The molecule has 0 atom stereocenters. The number of fused-ring (bicyclic) bond motifs is 1. The first kappa shape index (κ1) is 15.3. The largest absolute Gasteiger partial charge is 0.437 e. The van der Waals surface area contributed by atoms with Crippen LogP contribution in [-0.2, 0) is 12.8 Å². The fourth-order valence-corrected chi connectivity index (χ4v) is 2.94. The molecule has 1 aliphatic rings. The van der Waals surface area contributed by atoms with Crippen LogP contribution in [0.25, 0.3) is 0 Å². The molecular formula is C18H17N5O2. The second-order valence-electron chi connectivity index (χ2n) is 5.77. The highest BCUT2D eigenvalue weighted by atomic mass is 16.5. The summed E-state index contributed by atoms with van der Waals surface area (Å²) in [7, 11) is 0. The Morgan fingerprint density at radius 3 is 2.88 bits per heavy atom. The van der Waals surface area contributed by atoms with Crippen molar-refractivity contribution < 1.29 is 9.53 Å². The van der Waals surface area contributed by atoms with Crippen molar-refractivity contribution in [2.24, 2.45) is 0 Å². The second kappa shape index (κ2) is 6.72. The molecule has 0 spiro atoms. The fourth-order valence-electron chi connectivity index (χ4n) is 2.94. The third kappa shape index (κ3) is 3.21. The van der Waals surface area contributed by atoms with Gasteiger partial charge in [0.15, 0.2) is 0 Å². The third-order valence-electron chi connectivity index (χ3n) is 4.21. The third-order valence-corrected chi connectivity index (χ3v) is 4.21. The van der Waals surface area contributed by atoms with Gasteiger partial charge in [0.2, 0.25) is 5.88 Å². The Bertz CT molecular complexity index is 864. The maximum absolute atomic E-state index is 12.6. The summed E-state index contributed by atoms with van der Waals surface area (Å²) >= 11 is 0. The molecule has 0 unspecified atom stereocenters. The van der Waals surface area contributed by atoms with Gasteiger partial charge in [-0.15, -0.1) is 0 Å². The lowest BCUT2D eigenvalue weighted by Gasteiger charge is -2.19. The second-order valence-corrected chi connectivity index (χ2v) is 5.77. The quantitative estimate of drug-likeness (QED) is 0.793. The van der Waals surface area contributed by atoms with Gasteiger partial charge in [-0.3, -0.25) is 9.78 Å². The number of pyridine rings is 1. The van der Waals surface area contributed by atoms with E-state index in [9.17, 15) is 4.79 Å². The highest BCUT2D eigenvalue weighted by molar-refractivity contribution is 5.92. The van der Waals surface area contributed by atoms with Gasteiger partial charge >= 0.3 is 0 Å². The number of nitrogens with zero attached hydrogens (tertiary/aromatic N) is 4. The summed E-state index contributed by atoms with van der Waals surface area (Å²) in [6, 6.07) is 7.26. The van der Waals surface area contributed by atoms with Gasteiger partial charge in [-0.1, -0.05) is 0 Å². The van der Waals surface area contributed by atoms with Crippen molar-refractivity contribution in [2.75, 3.05) is 13.1 Å². The van der Waals surface area contributed by atoms with Crippen LogP contribution in [-0.4, -0.2) is 43.8 Å². The Labute approximate surface area is 144 Å². The molecule has 25 heavy (non-hydrogen) atoms. The first-order valence-corrected chi connectivity index (χ1v) is 8.14. The summed E-state index contributed by atoms with van der Waals surface area (Å²) in [5.74, 6) is 1.17. The van der Waals surface area contributed by atoms with Crippen LogP contribution in [0.1, 0.15) is 21.7 Å². The molecule has 0 radical (unpaired) electrons. The van der Waals surface area contributed by atoms with Gasteiger partial charge in [0.25, 0.3) is 5.91 Å². The van der Waals surface area contributed by atoms with Gasteiger partial charge in [-0.25, -0.2) is 9.97 Å². The van der Waals surface area contributed by atoms with Gasteiger partial charge in [-0.2, -0.15) is 0 Å². The van der Waals surface area contributed by atoms with E-state index in [0.29, 0.717) is 43.3 Å². The van der Waals surface area contributed by atoms with Gasteiger partial charge in [-0.05, 0) is 30.7 Å². The molecule has 126 valence electrons. The number of hydrogen-bond donors (Lipinski definition) is 1. The van der Waals surface area contributed by atoms with Gasteiger partial charge in [0.05, 0.1) is 11.9 Å². The first-order valence-electron chi connectivity index (χ1n) is 8.14. The summed E-state index contributed by atoms with van der Waals surface area (Å²) in [5.41, 5.74) is 2.48. The molecule has 0 aliphatic carbocycles. The fraction of sp³-hybridized carbons (Fsp3) is 0.222. The molecule has 1 aliphatic heterocycles. The number of carbonyl (C=O) groups excluding carboxylic acids is 1. The normalized spacial score (nSPS) is 13.8. The predicted octanol–water partition coefficient (Wildman–Crippen LogP) is 2.23. The topological polar surface area (TPSA) is 84.0 Å². The average molecular weight is 335 g/mol. The van der Waals surface area contributed by atoms with Crippen molar-refractivity contribution in [1.29, 1.82) is 0 Å². The van der Waals surface area contributed by atoms with Crippen molar-refractivity contribution in [3.63, 3.8) is 0 Å². The molecule has 7 nitrogen and oxygen atoms in total. The van der Waals surface area contributed by atoms with Crippen LogP contribution in [0.5, 0.6) is 11.6 Å². The zero-order chi connectivity index (χ0) is 17.1. The summed E-state index contributed by atoms with van der Waals surface area (Å²) in [6.07, 6.45) is 7.92. The first-order chi connectivity index (χ1) is 12.3. The molecule has 7 heteroatoms. The van der Waals surface area contributed by atoms with E-state index >= 15 is 0 Å². The summed E-state index contributed by atoms with van der Waals surface area (Å²) in [5, 5.41) is 0. The van der Waals surface area contributed by atoms with Crippen LogP contribution < -0.4 is 4.74 Å². The standard InChI is InChI=1S/C18H17N5O2/c24-18(16-4-2-8-20-16)23-9-5-14-15(6-10-23)21-12-22-17(14)25-13-3-1-7-19-11-13/h1-4,7-8,11-12,20H,5-6,9-10H2. The maximum Gasteiger partial charge on any atom is 0.270 e. The summed E-state index contributed by atoms with van der Waals surface area (Å²) < 4.78 is 5.88. The molecular weight excluding hydrogens is 318 g/mol. The van der Waals surface area contributed by atoms with Crippen LogP contribution in [0.15, 0.2) is 49.2 Å². The number of aromatic amines is 1. The molecule has 0 aromatic carbocycles. The minimum Gasteiger partial charge on any atom is -0.437 e. The molecule has 1 N–H and O–H groups in total. The molecule has 4 rings (SSSR count). The Balaban J connectivity index is 1.55. The highest BCUT2D eigenvalue weighted by Gasteiger charge is 2.23. The SMILES string of the molecule is O=C(c1ccc[nH]1)N1CCc2ncnc(Oc3cccnc3)c2CC1. The van der Waals surface area contributed by atoms with E-state index in [1.54, 1.807) is 24.7 Å². The van der Waals surface area contributed by atoms with Crippen molar-refractivity contribution in [3.05, 3.63) is 66.1 Å². The number of ether oxygens (including phenoxy) is 1. The van der Waals surface area contributed by atoms with E-state index in [1.807, 2.05) is 23.1 Å². The minimum absolute atomic E-state index is 0.000457. The lowest BCUT2D eigenvalue weighted by Crippen LogP contribution is -2.33. The van der Waals surface area contributed by atoms with Gasteiger partial charge in [0, 0.05) is 37.5 Å². The van der Waals surface area contributed by atoms with Crippen LogP contribution in [0.3, 0.4) is 0 Å². The summed E-state index contributed by atoms with van der Waals surface area (Å²) in [6.45, 7) is 1.22. The number of amides is 1. The number of carbonyl (C=O) groups is 1. The van der Waals surface area contributed by atoms with E-state index in [-0.39, 0.29) is 5.91 Å². The molecule has 0 saturated heterocycles. The van der Waals surface area contributed by atoms with Crippen LogP contribution in [0.2, 0.25) is 0 Å². The van der Waals surface area contributed by atoms with E-state index in [2.05, 4.69) is 19.9 Å². The lowest BCUT2D eigenvalue weighted by atomic mass is 10.1. The van der Waals surface area contributed by atoms with E-state index in [4.69, 9.17) is 4.74 Å². The number of nitrogens with one attached hydrogen (secondary N) is 1. The number of rotatable bonds is 3. The Hall–Kier alpha value is -3.22. The molecule has 0 fully saturated rings. The number of H-pyrrole nitrogens is 1. The molecule has 0 saturated carbocycles. The molecule has 3 aromatic rings. The molecule has 4 heterocycles. The number of aromatic nitrogens is 4.